The molecule has 1 fully saturated rings. The van der Waals surface area contributed by atoms with Gasteiger partial charge in [-0.25, -0.2) is 4.79 Å². The summed E-state index contributed by atoms with van der Waals surface area (Å²) in [6.45, 7) is -0.329. The molecule has 0 amide bonds. The number of halogens is 1. The number of aromatic amines is 1. The zero-order valence-electron chi connectivity index (χ0n) is 8.67. The third-order valence-electron chi connectivity index (χ3n) is 2.59. The lowest BCUT2D eigenvalue weighted by Gasteiger charge is -2.24. The lowest BCUT2D eigenvalue weighted by Crippen LogP contribution is -2.40. The predicted octanol–water partition coefficient (Wildman–Crippen LogP) is -1.28. The van der Waals surface area contributed by atoms with Crippen molar-refractivity contribution in [3.63, 3.8) is 0 Å². The molecule has 3 atom stereocenters. The molecule has 0 aromatic carbocycles. The molecule has 94 valence electrons. The van der Waals surface area contributed by atoms with Crippen molar-refractivity contribution in [1.29, 1.82) is 0 Å². The maximum atomic E-state index is 11.6. The SMILES string of the molecule is O=c1ccn([C@@]2(I)C[C@H](O)[C@@H](CO)O2)c(=O)[nH]1. The van der Waals surface area contributed by atoms with Crippen LogP contribution < -0.4 is 11.2 Å². The van der Waals surface area contributed by atoms with Crippen LogP contribution in [0.15, 0.2) is 21.9 Å². The summed E-state index contributed by atoms with van der Waals surface area (Å²) in [6.07, 6.45) is -0.119. The molecule has 1 aromatic rings. The first-order valence-electron chi connectivity index (χ1n) is 4.94. The first kappa shape index (κ1) is 12.7. The van der Waals surface area contributed by atoms with E-state index >= 15 is 0 Å². The average molecular weight is 354 g/mol. The Bertz CT molecular complexity index is 527. The standard InChI is InChI=1S/C9H11IN2O5/c10-9(3-5(14)6(4-13)17-9)12-2-1-7(15)11-8(12)16/h1-2,5-6,13-14H,3-4H2,(H,11,15,16)/t5-,6+,9-/m0/s1. The average Bonchev–Trinajstić information content (AvgIpc) is 2.54. The Morgan fingerprint density at radius 1 is 1.65 bits per heavy atom. The van der Waals surface area contributed by atoms with E-state index in [-0.39, 0.29) is 13.0 Å². The molecule has 2 heterocycles. The maximum absolute atomic E-state index is 11.6. The Balaban J connectivity index is 2.40. The van der Waals surface area contributed by atoms with Gasteiger partial charge in [-0.1, -0.05) is 0 Å². The Labute approximate surface area is 109 Å². The number of H-pyrrole nitrogens is 1. The smallest absolute Gasteiger partial charge is 0.331 e. The van der Waals surface area contributed by atoms with Gasteiger partial charge in [-0.2, -0.15) is 0 Å². The Kier molecular flexibility index (Phi) is 3.39. The Morgan fingerprint density at radius 3 is 2.88 bits per heavy atom. The number of nitrogens with zero attached hydrogens (tertiary/aromatic N) is 1. The van der Waals surface area contributed by atoms with Crippen molar-refractivity contribution < 1.29 is 14.9 Å². The highest BCUT2D eigenvalue weighted by molar-refractivity contribution is 14.1. The topological polar surface area (TPSA) is 105 Å². The first-order chi connectivity index (χ1) is 7.96. The van der Waals surface area contributed by atoms with E-state index in [1.807, 2.05) is 22.6 Å². The van der Waals surface area contributed by atoms with E-state index < -0.39 is 27.2 Å². The molecule has 0 radical (unpaired) electrons. The summed E-state index contributed by atoms with van der Waals surface area (Å²) in [7, 11) is 0. The number of aliphatic hydroxyl groups is 2. The van der Waals surface area contributed by atoms with Gasteiger partial charge in [0.1, 0.15) is 6.10 Å². The zero-order valence-corrected chi connectivity index (χ0v) is 10.8. The number of rotatable bonds is 2. The van der Waals surface area contributed by atoms with E-state index in [2.05, 4.69) is 4.98 Å². The molecule has 1 aliphatic heterocycles. The number of ether oxygens (including phenoxy) is 1. The molecule has 0 saturated carbocycles. The minimum Gasteiger partial charge on any atom is -0.394 e. The number of aromatic nitrogens is 2. The lowest BCUT2D eigenvalue weighted by atomic mass is 10.2. The highest BCUT2D eigenvalue weighted by Crippen LogP contribution is 2.39. The van der Waals surface area contributed by atoms with Crippen LogP contribution in [0.2, 0.25) is 0 Å². The van der Waals surface area contributed by atoms with Crippen molar-refractivity contribution in [1.82, 2.24) is 9.55 Å². The van der Waals surface area contributed by atoms with Crippen LogP contribution in [0, 0.1) is 0 Å². The summed E-state index contributed by atoms with van der Waals surface area (Å²) in [4.78, 5) is 24.7. The molecular weight excluding hydrogens is 343 g/mol. The van der Waals surface area contributed by atoms with Gasteiger partial charge in [0, 0.05) is 18.7 Å². The molecule has 0 bridgehead atoms. The molecule has 1 aromatic heterocycles. The fraction of sp³-hybridized carbons (Fsp3) is 0.556. The van der Waals surface area contributed by atoms with Crippen LogP contribution in [-0.4, -0.2) is 38.6 Å². The predicted molar refractivity (Wildman–Crippen MR) is 65.9 cm³/mol. The van der Waals surface area contributed by atoms with Crippen molar-refractivity contribution >= 4 is 22.6 Å². The van der Waals surface area contributed by atoms with Crippen LogP contribution in [0.5, 0.6) is 0 Å². The molecule has 3 N–H and O–H groups in total. The monoisotopic (exact) mass is 354 g/mol. The molecule has 0 aliphatic carbocycles. The van der Waals surface area contributed by atoms with Crippen LogP contribution in [0.4, 0.5) is 0 Å². The van der Waals surface area contributed by atoms with Crippen molar-refractivity contribution in [3.8, 4) is 0 Å². The second kappa shape index (κ2) is 4.52. The highest BCUT2D eigenvalue weighted by Gasteiger charge is 2.45. The first-order valence-corrected chi connectivity index (χ1v) is 6.02. The van der Waals surface area contributed by atoms with Gasteiger partial charge in [-0.15, -0.1) is 0 Å². The highest BCUT2D eigenvalue weighted by atomic mass is 127. The fourth-order valence-corrected chi connectivity index (χ4v) is 2.90. The van der Waals surface area contributed by atoms with E-state index in [0.717, 1.165) is 0 Å². The van der Waals surface area contributed by atoms with Crippen LogP contribution in [0.3, 0.4) is 0 Å². The molecule has 0 spiro atoms. The molecule has 1 aliphatic rings. The van der Waals surface area contributed by atoms with Gasteiger partial charge in [0.2, 0.25) is 3.73 Å². The van der Waals surface area contributed by atoms with Crippen LogP contribution >= 0.6 is 22.6 Å². The van der Waals surface area contributed by atoms with Crippen molar-refractivity contribution in [2.45, 2.75) is 22.4 Å². The zero-order chi connectivity index (χ0) is 12.6. The summed E-state index contributed by atoms with van der Waals surface area (Å²) in [5.74, 6) is 0. The van der Waals surface area contributed by atoms with Gasteiger partial charge in [0.05, 0.1) is 12.7 Å². The van der Waals surface area contributed by atoms with Crippen molar-refractivity contribution in [3.05, 3.63) is 33.1 Å². The Morgan fingerprint density at radius 2 is 2.35 bits per heavy atom. The summed E-state index contributed by atoms with van der Waals surface area (Å²) in [6, 6.07) is 1.20. The molecular formula is C9H11IN2O5. The number of hydrogen-bond donors (Lipinski definition) is 3. The third-order valence-corrected chi connectivity index (χ3v) is 3.80. The van der Waals surface area contributed by atoms with Crippen LogP contribution in [0.25, 0.3) is 0 Å². The summed E-state index contributed by atoms with van der Waals surface area (Å²) in [5, 5.41) is 18.6. The quantitative estimate of drug-likeness (QED) is 0.454. The maximum Gasteiger partial charge on any atom is 0.331 e. The summed E-state index contributed by atoms with van der Waals surface area (Å²) in [5.41, 5.74) is -1.11. The minimum absolute atomic E-state index is 0.157. The van der Waals surface area contributed by atoms with E-state index in [4.69, 9.17) is 9.84 Å². The minimum atomic E-state index is -1.09. The molecule has 8 heteroatoms. The van der Waals surface area contributed by atoms with Crippen LogP contribution in [-0.2, 0) is 8.47 Å². The van der Waals surface area contributed by atoms with Crippen molar-refractivity contribution in [2.75, 3.05) is 6.61 Å². The third kappa shape index (κ3) is 2.30. The number of alkyl halides is 1. The van der Waals surface area contributed by atoms with Gasteiger partial charge in [-0.3, -0.25) is 14.3 Å². The summed E-state index contributed by atoms with van der Waals surface area (Å²) >= 11 is 1.87. The van der Waals surface area contributed by atoms with Gasteiger partial charge in [0.15, 0.2) is 0 Å². The van der Waals surface area contributed by atoms with Gasteiger partial charge in [0.25, 0.3) is 5.56 Å². The van der Waals surface area contributed by atoms with Gasteiger partial charge >= 0.3 is 5.69 Å². The number of aliphatic hydroxyl groups excluding tert-OH is 2. The molecule has 2 rings (SSSR count). The van der Waals surface area contributed by atoms with E-state index in [1.165, 1.54) is 16.8 Å². The fourth-order valence-electron chi connectivity index (χ4n) is 1.74. The lowest BCUT2D eigenvalue weighted by molar-refractivity contribution is -0.0554. The Hall–Kier alpha value is -0.710. The second-order valence-corrected chi connectivity index (χ2v) is 5.47. The largest absolute Gasteiger partial charge is 0.394 e. The van der Waals surface area contributed by atoms with E-state index in [0.29, 0.717) is 0 Å². The number of nitrogens with one attached hydrogen (secondary N) is 1. The number of hydrogen-bond acceptors (Lipinski definition) is 5. The van der Waals surface area contributed by atoms with E-state index in [1.54, 1.807) is 0 Å². The normalized spacial score (nSPS) is 32.9. The van der Waals surface area contributed by atoms with Gasteiger partial charge < -0.3 is 14.9 Å². The van der Waals surface area contributed by atoms with Gasteiger partial charge in [-0.05, 0) is 22.6 Å². The van der Waals surface area contributed by atoms with E-state index in [9.17, 15) is 14.7 Å². The van der Waals surface area contributed by atoms with Crippen molar-refractivity contribution in [2.24, 2.45) is 0 Å². The van der Waals surface area contributed by atoms with Crippen LogP contribution in [0.1, 0.15) is 6.42 Å². The molecule has 1 saturated heterocycles. The molecule has 7 nitrogen and oxygen atoms in total. The molecule has 0 unspecified atom stereocenters. The summed E-state index contributed by atoms with van der Waals surface area (Å²) < 4.78 is 5.54. The second-order valence-electron chi connectivity index (χ2n) is 3.78. The molecule has 17 heavy (non-hydrogen) atoms.